The van der Waals surface area contributed by atoms with Crippen molar-refractivity contribution in [2.75, 3.05) is 6.54 Å². The number of aromatic nitrogens is 2. The number of nitrogens with two attached hydrogens (primary N) is 1. The molecule has 1 saturated carbocycles. The molecule has 1 heterocycles. The summed E-state index contributed by atoms with van der Waals surface area (Å²) in [6, 6.07) is 0. The van der Waals surface area contributed by atoms with E-state index in [0.717, 1.165) is 18.0 Å². The van der Waals surface area contributed by atoms with Gasteiger partial charge >= 0.3 is 0 Å². The van der Waals surface area contributed by atoms with Gasteiger partial charge in [-0.2, -0.15) is 0 Å². The van der Waals surface area contributed by atoms with E-state index in [1.807, 2.05) is 0 Å². The third kappa shape index (κ3) is 1.61. The molecule has 3 heteroatoms. The van der Waals surface area contributed by atoms with Gasteiger partial charge < -0.3 is 10.3 Å². The van der Waals surface area contributed by atoms with E-state index in [1.54, 1.807) is 0 Å². The van der Waals surface area contributed by atoms with Gasteiger partial charge in [-0.3, -0.25) is 0 Å². The van der Waals surface area contributed by atoms with Crippen LogP contribution in [0.5, 0.6) is 0 Å². The molecule has 2 rings (SSSR count). The first-order chi connectivity index (χ1) is 6.31. The van der Waals surface area contributed by atoms with E-state index in [1.165, 1.54) is 25.1 Å². The Balaban J connectivity index is 2.15. The second-order valence-corrected chi connectivity index (χ2v) is 3.87. The fraction of sp³-hybridized carbons (Fsp3) is 0.700. The van der Waals surface area contributed by atoms with E-state index in [0.29, 0.717) is 6.54 Å². The van der Waals surface area contributed by atoms with E-state index in [4.69, 9.17) is 5.73 Å². The van der Waals surface area contributed by atoms with Crippen molar-refractivity contribution in [3.63, 3.8) is 0 Å². The van der Waals surface area contributed by atoms with Crippen molar-refractivity contribution in [3.8, 4) is 0 Å². The van der Waals surface area contributed by atoms with Crippen molar-refractivity contribution >= 4 is 0 Å². The first kappa shape index (κ1) is 8.75. The Morgan fingerprint density at radius 3 is 2.92 bits per heavy atom. The highest BCUT2D eigenvalue weighted by atomic mass is 15.1. The van der Waals surface area contributed by atoms with E-state index in [-0.39, 0.29) is 0 Å². The van der Waals surface area contributed by atoms with Gasteiger partial charge in [0.1, 0.15) is 5.82 Å². The topological polar surface area (TPSA) is 43.8 Å². The SMILES string of the molecule is Cn1cc(CCN)nc1C1CCC1. The Morgan fingerprint density at radius 1 is 1.62 bits per heavy atom. The predicted octanol–water partition coefficient (Wildman–Crippen LogP) is 1.19. The highest BCUT2D eigenvalue weighted by Gasteiger charge is 2.23. The average Bonchev–Trinajstić information content (AvgIpc) is 2.30. The third-order valence-corrected chi connectivity index (χ3v) is 2.83. The molecule has 1 aromatic heterocycles. The Labute approximate surface area is 79.0 Å². The molecule has 72 valence electrons. The Morgan fingerprint density at radius 2 is 2.38 bits per heavy atom. The normalized spacial score (nSPS) is 17.4. The van der Waals surface area contributed by atoms with Crippen LogP contribution in [0.4, 0.5) is 0 Å². The first-order valence-electron chi connectivity index (χ1n) is 5.03. The Bertz CT molecular complexity index is 286. The van der Waals surface area contributed by atoms with Crippen LogP contribution in [0.1, 0.15) is 36.7 Å². The molecule has 0 spiro atoms. The van der Waals surface area contributed by atoms with Crippen molar-refractivity contribution < 1.29 is 0 Å². The van der Waals surface area contributed by atoms with Crippen LogP contribution in [-0.2, 0) is 13.5 Å². The van der Waals surface area contributed by atoms with Gasteiger partial charge in [0, 0.05) is 25.6 Å². The van der Waals surface area contributed by atoms with Crippen molar-refractivity contribution in [2.45, 2.75) is 31.6 Å². The van der Waals surface area contributed by atoms with Gasteiger partial charge in [0.25, 0.3) is 0 Å². The van der Waals surface area contributed by atoms with Gasteiger partial charge in [-0.25, -0.2) is 4.98 Å². The van der Waals surface area contributed by atoms with E-state index >= 15 is 0 Å². The maximum atomic E-state index is 5.49. The zero-order valence-electron chi connectivity index (χ0n) is 8.16. The van der Waals surface area contributed by atoms with E-state index in [2.05, 4.69) is 22.8 Å². The highest BCUT2D eigenvalue weighted by molar-refractivity contribution is 5.10. The number of hydrogen-bond donors (Lipinski definition) is 1. The molecule has 1 aliphatic carbocycles. The number of imidazole rings is 1. The lowest BCUT2D eigenvalue weighted by atomic mass is 9.85. The summed E-state index contributed by atoms with van der Waals surface area (Å²) in [5.74, 6) is 1.98. The van der Waals surface area contributed by atoms with Crippen LogP contribution in [0.3, 0.4) is 0 Å². The van der Waals surface area contributed by atoms with Crippen LogP contribution in [0.15, 0.2) is 6.20 Å². The van der Waals surface area contributed by atoms with Gasteiger partial charge in [0.2, 0.25) is 0 Å². The van der Waals surface area contributed by atoms with Gasteiger partial charge in [-0.1, -0.05) is 6.42 Å². The Hall–Kier alpha value is -0.830. The molecule has 0 aromatic carbocycles. The van der Waals surface area contributed by atoms with Crippen LogP contribution in [0.25, 0.3) is 0 Å². The van der Waals surface area contributed by atoms with Crippen LogP contribution < -0.4 is 5.73 Å². The standard InChI is InChI=1S/C10H17N3/c1-13-7-9(5-6-11)12-10(13)8-3-2-4-8/h7-8H,2-6,11H2,1H3. The summed E-state index contributed by atoms with van der Waals surface area (Å²) in [5, 5.41) is 0. The largest absolute Gasteiger partial charge is 0.337 e. The smallest absolute Gasteiger partial charge is 0.111 e. The van der Waals surface area contributed by atoms with Crippen molar-refractivity contribution in [1.82, 2.24) is 9.55 Å². The summed E-state index contributed by atoms with van der Waals surface area (Å²) in [5.41, 5.74) is 6.64. The molecule has 0 bridgehead atoms. The number of rotatable bonds is 3. The van der Waals surface area contributed by atoms with Crippen molar-refractivity contribution in [2.24, 2.45) is 12.8 Å². The lowest BCUT2D eigenvalue weighted by Gasteiger charge is -2.24. The summed E-state index contributed by atoms with van der Waals surface area (Å²) in [6.07, 6.45) is 7.00. The summed E-state index contributed by atoms with van der Waals surface area (Å²) >= 11 is 0. The van der Waals surface area contributed by atoms with E-state index < -0.39 is 0 Å². The molecule has 1 aliphatic rings. The maximum absolute atomic E-state index is 5.49. The number of hydrogen-bond acceptors (Lipinski definition) is 2. The molecule has 0 amide bonds. The molecule has 1 aromatic rings. The highest BCUT2D eigenvalue weighted by Crippen LogP contribution is 2.35. The monoisotopic (exact) mass is 179 g/mol. The third-order valence-electron chi connectivity index (χ3n) is 2.83. The zero-order chi connectivity index (χ0) is 9.26. The van der Waals surface area contributed by atoms with Gasteiger partial charge in [0.05, 0.1) is 5.69 Å². The van der Waals surface area contributed by atoms with Crippen LogP contribution in [0, 0.1) is 0 Å². The minimum absolute atomic E-state index is 0.696. The summed E-state index contributed by atoms with van der Waals surface area (Å²) in [6.45, 7) is 0.696. The molecule has 1 fully saturated rings. The minimum Gasteiger partial charge on any atom is -0.337 e. The molecule has 3 nitrogen and oxygen atoms in total. The first-order valence-corrected chi connectivity index (χ1v) is 5.03. The number of aryl methyl sites for hydroxylation is 1. The molecule has 2 N–H and O–H groups in total. The van der Waals surface area contributed by atoms with Crippen LogP contribution in [-0.4, -0.2) is 16.1 Å². The quantitative estimate of drug-likeness (QED) is 0.757. The van der Waals surface area contributed by atoms with Gasteiger partial charge in [-0.15, -0.1) is 0 Å². The fourth-order valence-electron chi connectivity index (χ4n) is 1.86. The number of nitrogens with zero attached hydrogens (tertiary/aromatic N) is 2. The van der Waals surface area contributed by atoms with E-state index in [9.17, 15) is 0 Å². The second-order valence-electron chi connectivity index (χ2n) is 3.87. The zero-order valence-corrected chi connectivity index (χ0v) is 8.16. The molecular weight excluding hydrogens is 162 g/mol. The van der Waals surface area contributed by atoms with Crippen molar-refractivity contribution in [1.29, 1.82) is 0 Å². The Kier molecular flexibility index (Phi) is 2.36. The van der Waals surface area contributed by atoms with Gasteiger partial charge in [0.15, 0.2) is 0 Å². The molecule has 0 saturated heterocycles. The second kappa shape index (κ2) is 3.50. The van der Waals surface area contributed by atoms with Crippen molar-refractivity contribution in [3.05, 3.63) is 17.7 Å². The molecule has 0 aliphatic heterocycles. The molecule has 0 atom stereocenters. The summed E-state index contributed by atoms with van der Waals surface area (Å²) < 4.78 is 2.16. The maximum Gasteiger partial charge on any atom is 0.111 e. The molecular formula is C10H17N3. The summed E-state index contributed by atoms with van der Waals surface area (Å²) in [7, 11) is 2.08. The summed E-state index contributed by atoms with van der Waals surface area (Å²) in [4.78, 5) is 4.60. The minimum atomic E-state index is 0.696. The average molecular weight is 179 g/mol. The van der Waals surface area contributed by atoms with Crippen LogP contribution >= 0.6 is 0 Å². The molecule has 13 heavy (non-hydrogen) atoms. The molecule has 0 radical (unpaired) electrons. The fourth-order valence-corrected chi connectivity index (χ4v) is 1.86. The van der Waals surface area contributed by atoms with Gasteiger partial charge in [-0.05, 0) is 19.4 Å². The molecule has 0 unspecified atom stereocenters. The lowest BCUT2D eigenvalue weighted by molar-refractivity contribution is 0.393. The predicted molar refractivity (Wildman–Crippen MR) is 52.6 cm³/mol. The van der Waals surface area contributed by atoms with Crippen LogP contribution in [0.2, 0.25) is 0 Å². The lowest BCUT2D eigenvalue weighted by Crippen LogP contribution is -2.13.